The summed E-state index contributed by atoms with van der Waals surface area (Å²) in [5.74, 6) is 1.66. The fourth-order valence-electron chi connectivity index (χ4n) is 4.69. The van der Waals surface area contributed by atoms with E-state index in [0.717, 1.165) is 22.7 Å². The molecule has 12 nitrogen and oxygen atoms in total. The summed E-state index contributed by atoms with van der Waals surface area (Å²) in [4.78, 5) is 34.1. The zero-order valence-corrected chi connectivity index (χ0v) is 26.2. The summed E-state index contributed by atoms with van der Waals surface area (Å²) in [6.07, 6.45) is 0. The van der Waals surface area contributed by atoms with E-state index in [4.69, 9.17) is 0 Å². The lowest BCUT2D eigenvalue weighted by molar-refractivity contribution is -0.384. The quantitative estimate of drug-likeness (QED) is 0.110. The van der Waals surface area contributed by atoms with Gasteiger partial charge in [0.2, 0.25) is 11.6 Å². The van der Waals surface area contributed by atoms with Crippen molar-refractivity contribution in [3.8, 4) is 0 Å². The minimum Gasteiger partial charge on any atom is -0.340 e. The highest BCUT2D eigenvalue weighted by Crippen LogP contribution is 2.33. The highest BCUT2D eigenvalue weighted by Gasteiger charge is 2.22. The zero-order chi connectivity index (χ0) is 33.9. The number of pyridine rings is 2. The standard InChI is InChI=1S/2C18H16N4O2/c2*1-21(15-10-6-3-7-11-15)18-16(22(23)24)12-13-17(20-18)19-14-8-4-2-5-9-14/h2*2-13H,1H3,(H,19,20). The topological polar surface area (TPSA) is 143 Å². The van der Waals surface area contributed by atoms with Gasteiger partial charge in [-0.05, 0) is 60.7 Å². The molecule has 0 saturated heterocycles. The molecule has 6 aromatic rings. The number of hydrogen-bond acceptors (Lipinski definition) is 10. The molecule has 0 bridgehead atoms. The van der Waals surface area contributed by atoms with Gasteiger partial charge in [-0.2, -0.15) is 0 Å². The van der Waals surface area contributed by atoms with E-state index in [1.807, 2.05) is 121 Å². The maximum atomic E-state index is 11.3. The highest BCUT2D eigenvalue weighted by atomic mass is 16.6. The molecule has 240 valence electrons. The van der Waals surface area contributed by atoms with E-state index in [2.05, 4.69) is 20.6 Å². The van der Waals surface area contributed by atoms with Crippen molar-refractivity contribution in [1.82, 2.24) is 9.97 Å². The first-order valence-electron chi connectivity index (χ1n) is 14.8. The zero-order valence-electron chi connectivity index (χ0n) is 26.2. The molecule has 4 aromatic carbocycles. The van der Waals surface area contributed by atoms with Crippen LogP contribution in [0.25, 0.3) is 0 Å². The van der Waals surface area contributed by atoms with Crippen LogP contribution >= 0.6 is 0 Å². The van der Waals surface area contributed by atoms with Gasteiger partial charge in [-0.1, -0.05) is 72.8 Å². The summed E-state index contributed by atoms with van der Waals surface area (Å²) in [5, 5.41) is 29.0. The second kappa shape index (κ2) is 15.5. The molecule has 2 aromatic heterocycles. The molecule has 0 aliphatic heterocycles. The smallest absolute Gasteiger partial charge is 0.312 e. The van der Waals surface area contributed by atoms with Crippen LogP contribution in [-0.4, -0.2) is 33.9 Å². The van der Waals surface area contributed by atoms with Crippen molar-refractivity contribution in [2.75, 3.05) is 34.5 Å². The monoisotopic (exact) mass is 640 g/mol. The van der Waals surface area contributed by atoms with Gasteiger partial charge in [0.25, 0.3) is 0 Å². The maximum Gasteiger partial charge on any atom is 0.312 e. The Hall–Kier alpha value is -6.82. The molecule has 0 radical (unpaired) electrons. The molecule has 6 rings (SSSR count). The van der Waals surface area contributed by atoms with Gasteiger partial charge in [0, 0.05) is 49.0 Å². The lowest BCUT2D eigenvalue weighted by Gasteiger charge is -2.19. The number of anilines is 8. The Morgan fingerprint density at radius 1 is 0.479 bits per heavy atom. The SMILES string of the molecule is CN(c1ccccc1)c1nc(Nc2ccccc2)ccc1[N+](=O)[O-].CN(c1ccccc1)c1nc(Nc2ccccc2)ccc1[N+](=O)[O-]. The molecule has 12 heteroatoms. The summed E-state index contributed by atoms with van der Waals surface area (Å²) in [7, 11) is 3.52. The third kappa shape index (κ3) is 8.25. The Bertz CT molecular complexity index is 1820. The Morgan fingerprint density at radius 2 is 0.792 bits per heavy atom. The van der Waals surface area contributed by atoms with Gasteiger partial charge >= 0.3 is 11.4 Å². The van der Waals surface area contributed by atoms with Crippen molar-refractivity contribution in [2.45, 2.75) is 0 Å². The molecule has 0 atom stereocenters. The van der Waals surface area contributed by atoms with Crippen LogP contribution in [0.1, 0.15) is 0 Å². The summed E-state index contributed by atoms with van der Waals surface area (Å²) < 4.78 is 0. The van der Waals surface area contributed by atoms with E-state index in [-0.39, 0.29) is 23.0 Å². The van der Waals surface area contributed by atoms with E-state index in [1.165, 1.54) is 12.1 Å². The molecular weight excluding hydrogens is 608 g/mol. The van der Waals surface area contributed by atoms with Crippen molar-refractivity contribution in [3.05, 3.63) is 166 Å². The van der Waals surface area contributed by atoms with Gasteiger partial charge in [0.15, 0.2) is 0 Å². The molecule has 0 aliphatic carbocycles. The van der Waals surface area contributed by atoms with Gasteiger partial charge in [0.05, 0.1) is 9.85 Å². The van der Waals surface area contributed by atoms with Crippen LogP contribution in [0, 0.1) is 20.2 Å². The van der Waals surface area contributed by atoms with Gasteiger partial charge in [-0.3, -0.25) is 20.2 Å². The second-order valence-electron chi connectivity index (χ2n) is 10.4. The Labute approximate surface area is 277 Å². The first-order chi connectivity index (χ1) is 23.3. The highest BCUT2D eigenvalue weighted by molar-refractivity contribution is 5.72. The van der Waals surface area contributed by atoms with Crippen molar-refractivity contribution in [3.63, 3.8) is 0 Å². The lowest BCUT2D eigenvalue weighted by Crippen LogP contribution is -2.14. The van der Waals surface area contributed by atoms with E-state index >= 15 is 0 Å². The Kier molecular flexibility index (Phi) is 10.5. The number of nitro groups is 2. The fraction of sp³-hybridized carbons (Fsp3) is 0.0556. The molecule has 2 N–H and O–H groups in total. The van der Waals surface area contributed by atoms with Crippen LogP contribution in [0.15, 0.2) is 146 Å². The second-order valence-corrected chi connectivity index (χ2v) is 10.4. The first kappa shape index (κ1) is 32.6. The van der Waals surface area contributed by atoms with E-state index in [9.17, 15) is 20.2 Å². The molecular formula is C36H32N8O4. The summed E-state index contributed by atoms with van der Waals surface area (Å²) in [6.45, 7) is 0. The molecule has 0 saturated carbocycles. The lowest BCUT2D eigenvalue weighted by atomic mass is 10.2. The van der Waals surface area contributed by atoms with Crippen molar-refractivity contribution in [1.29, 1.82) is 0 Å². The van der Waals surface area contributed by atoms with Crippen LogP contribution in [0.5, 0.6) is 0 Å². The predicted molar refractivity (Wildman–Crippen MR) is 190 cm³/mol. The van der Waals surface area contributed by atoms with Crippen LogP contribution in [0.2, 0.25) is 0 Å². The summed E-state index contributed by atoms with van der Waals surface area (Å²) in [6, 6.07) is 44.1. The van der Waals surface area contributed by atoms with E-state index < -0.39 is 9.85 Å². The molecule has 0 unspecified atom stereocenters. The third-order valence-corrected chi connectivity index (χ3v) is 7.12. The molecule has 0 amide bonds. The first-order valence-corrected chi connectivity index (χ1v) is 14.8. The van der Waals surface area contributed by atoms with Crippen LogP contribution < -0.4 is 20.4 Å². The molecule has 48 heavy (non-hydrogen) atoms. The number of hydrogen-bond donors (Lipinski definition) is 2. The number of benzene rings is 4. The minimum absolute atomic E-state index is 0.0417. The van der Waals surface area contributed by atoms with Gasteiger partial charge in [0.1, 0.15) is 11.6 Å². The third-order valence-electron chi connectivity index (χ3n) is 7.12. The van der Waals surface area contributed by atoms with E-state index in [0.29, 0.717) is 11.6 Å². The maximum absolute atomic E-state index is 11.3. The number of para-hydroxylation sites is 4. The Balaban J connectivity index is 0.000000188. The van der Waals surface area contributed by atoms with Gasteiger partial charge < -0.3 is 20.4 Å². The summed E-state index contributed by atoms with van der Waals surface area (Å²) >= 11 is 0. The van der Waals surface area contributed by atoms with Crippen LogP contribution in [0.4, 0.5) is 57.4 Å². The fourth-order valence-corrected chi connectivity index (χ4v) is 4.69. The minimum atomic E-state index is -0.423. The largest absolute Gasteiger partial charge is 0.340 e. The van der Waals surface area contributed by atoms with Gasteiger partial charge in [-0.15, -0.1) is 0 Å². The van der Waals surface area contributed by atoms with Crippen molar-refractivity contribution >= 4 is 57.4 Å². The van der Waals surface area contributed by atoms with Crippen molar-refractivity contribution < 1.29 is 9.85 Å². The number of nitrogens with one attached hydrogen (secondary N) is 2. The number of rotatable bonds is 10. The predicted octanol–water partition coefficient (Wildman–Crippen LogP) is 9.00. The van der Waals surface area contributed by atoms with E-state index in [1.54, 1.807) is 36.0 Å². The molecule has 2 heterocycles. The average Bonchev–Trinajstić information content (AvgIpc) is 3.12. The Morgan fingerprint density at radius 3 is 1.10 bits per heavy atom. The molecule has 0 spiro atoms. The molecule has 0 aliphatic rings. The van der Waals surface area contributed by atoms with Crippen molar-refractivity contribution in [2.24, 2.45) is 0 Å². The normalized spacial score (nSPS) is 10.2. The van der Waals surface area contributed by atoms with Gasteiger partial charge in [-0.25, -0.2) is 9.97 Å². The van der Waals surface area contributed by atoms with Crippen LogP contribution in [-0.2, 0) is 0 Å². The number of aromatic nitrogens is 2. The molecule has 0 fully saturated rings. The van der Waals surface area contributed by atoms with Crippen LogP contribution in [0.3, 0.4) is 0 Å². The summed E-state index contributed by atoms with van der Waals surface area (Å²) in [5.41, 5.74) is 3.30. The average molecular weight is 641 g/mol. The number of nitrogens with zero attached hydrogens (tertiary/aromatic N) is 6.